The molecule has 0 N–H and O–H groups in total. The largest absolute Gasteiger partial charge is 0.435 e. The third-order valence-electron chi connectivity index (χ3n) is 1.34. The minimum absolute atomic E-state index is 0.169. The van der Waals surface area contributed by atoms with Gasteiger partial charge in [0, 0.05) is 11.3 Å². The van der Waals surface area contributed by atoms with Crippen molar-refractivity contribution in [3.05, 3.63) is 29.8 Å². The molecule has 0 aliphatic rings. The van der Waals surface area contributed by atoms with Crippen molar-refractivity contribution in [2.75, 3.05) is 0 Å². The number of ether oxygens (including phenoxy) is 1. The van der Waals surface area contributed by atoms with Crippen LogP contribution in [0.15, 0.2) is 24.3 Å². The van der Waals surface area contributed by atoms with Gasteiger partial charge in [0.15, 0.2) is 0 Å². The Labute approximate surface area is 74.8 Å². The summed E-state index contributed by atoms with van der Waals surface area (Å²) in [6.07, 6.45) is 0. The van der Waals surface area contributed by atoms with Gasteiger partial charge in [0.2, 0.25) is 0 Å². The molecule has 1 aromatic carbocycles. The molecule has 1 aromatic rings. The summed E-state index contributed by atoms with van der Waals surface area (Å²) >= 11 is 4.73. The molecule has 1 nitrogen and oxygen atoms in total. The Hall–Kier alpha value is -0.770. The lowest BCUT2D eigenvalue weighted by atomic mass is 10.2. The van der Waals surface area contributed by atoms with Crippen LogP contribution in [0.1, 0.15) is 5.56 Å². The van der Waals surface area contributed by atoms with E-state index in [9.17, 15) is 8.78 Å². The highest BCUT2D eigenvalue weighted by Gasteiger charge is 2.07. The summed E-state index contributed by atoms with van der Waals surface area (Å²) in [6.45, 7) is -2.78. The van der Waals surface area contributed by atoms with Crippen molar-refractivity contribution in [2.45, 2.75) is 12.4 Å². The van der Waals surface area contributed by atoms with E-state index in [1.54, 1.807) is 18.2 Å². The van der Waals surface area contributed by atoms with Gasteiger partial charge in [-0.2, -0.15) is 8.78 Å². The SMILES string of the molecule is FC(F)Oc1ccccc1C[S]. The van der Waals surface area contributed by atoms with E-state index in [2.05, 4.69) is 4.74 Å². The van der Waals surface area contributed by atoms with Gasteiger partial charge in [-0.3, -0.25) is 0 Å². The lowest BCUT2D eigenvalue weighted by Crippen LogP contribution is -2.03. The van der Waals surface area contributed by atoms with E-state index in [4.69, 9.17) is 12.6 Å². The zero-order valence-corrected chi connectivity index (χ0v) is 6.98. The van der Waals surface area contributed by atoms with Gasteiger partial charge in [-0.1, -0.05) is 30.8 Å². The molecule has 0 aliphatic carbocycles. The molecule has 0 saturated heterocycles. The summed E-state index contributed by atoms with van der Waals surface area (Å²) in [4.78, 5) is 0. The monoisotopic (exact) mass is 189 g/mol. The van der Waals surface area contributed by atoms with Crippen LogP contribution < -0.4 is 4.74 Å². The fourth-order valence-electron chi connectivity index (χ4n) is 0.834. The molecule has 0 amide bonds. The van der Waals surface area contributed by atoms with E-state index in [1.807, 2.05) is 0 Å². The molecule has 0 saturated carbocycles. The fraction of sp³-hybridized carbons (Fsp3) is 0.250. The van der Waals surface area contributed by atoms with Gasteiger partial charge in [0.25, 0.3) is 0 Å². The highest BCUT2D eigenvalue weighted by Crippen LogP contribution is 2.21. The van der Waals surface area contributed by atoms with Gasteiger partial charge in [-0.05, 0) is 6.07 Å². The maximum Gasteiger partial charge on any atom is 0.387 e. The van der Waals surface area contributed by atoms with Crippen LogP contribution in [0.5, 0.6) is 5.75 Å². The van der Waals surface area contributed by atoms with Crippen molar-refractivity contribution in [1.82, 2.24) is 0 Å². The van der Waals surface area contributed by atoms with Gasteiger partial charge in [-0.15, -0.1) is 0 Å². The van der Waals surface area contributed by atoms with Gasteiger partial charge < -0.3 is 4.74 Å². The number of halogens is 2. The number of rotatable bonds is 3. The van der Waals surface area contributed by atoms with Crippen molar-refractivity contribution in [2.24, 2.45) is 0 Å². The minimum atomic E-state index is -2.78. The normalized spacial score (nSPS) is 10.3. The highest BCUT2D eigenvalue weighted by molar-refractivity contribution is 7.79. The van der Waals surface area contributed by atoms with E-state index < -0.39 is 6.61 Å². The van der Waals surface area contributed by atoms with Crippen molar-refractivity contribution in [3.8, 4) is 5.75 Å². The molecule has 0 atom stereocenters. The summed E-state index contributed by atoms with van der Waals surface area (Å²) in [5.74, 6) is 0.450. The van der Waals surface area contributed by atoms with Crippen LogP contribution in [0.4, 0.5) is 8.78 Å². The molecule has 0 aliphatic heterocycles. The molecule has 0 heterocycles. The van der Waals surface area contributed by atoms with Gasteiger partial charge in [0.1, 0.15) is 5.75 Å². The molecule has 1 radical (unpaired) electrons. The summed E-state index contributed by atoms with van der Waals surface area (Å²) < 4.78 is 27.8. The van der Waals surface area contributed by atoms with Gasteiger partial charge in [-0.25, -0.2) is 0 Å². The second-order valence-corrected chi connectivity index (χ2v) is 2.42. The van der Waals surface area contributed by atoms with E-state index in [-0.39, 0.29) is 11.5 Å². The van der Waals surface area contributed by atoms with E-state index in [0.29, 0.717) is 5.56 Å². The highest BCUT2D eigenvalue weighted by atomic mass is 32.1. The molecule has 4 heteroatoms. The Kier molecular flexibility index (Phi) is 3.34. The van der Waals surface area contributed by atoms with E-state index >= 15 is 0 Å². The van der Waals surface area contributed by atoms with Crippen LogP contribution >= 0.6 is 12.6 Å². The predicted octanol–water partition coefficient (Wildman–Crippen LogP) is 2.99. The Morgan fingerprint density at radius 2 is 2.00 bits per heavy atom. The molecule has 0 bridgehead atoms. The van der Waals surface area contributed by atoms with Crippen LogP contribution in [0.25, 0.3) is 0 Å². The molecule has 0 aromatic heterocycles. The van der Waals surface area contributed by atoms with Crippen molar-refractivity contribution >= 4 is 12.6 Å². The fourth-order valence-corrected chi connectivity index (χ4v) is 1.07. The molecule has 65 valence electrons. The smallest absolute Gasteiger partial charge is 0.387 e. The maximum atomic E-state index is 11.8. The van der Waals surface area contributed by atoms with Crippen molar-refractivity contribution in [1.29, 1.82) is 0 Å². The first kappa shape index (κ1) is 9.32. The van der Waals surface area contributed by atoms with Crippen LogP contribution in [0.3, 0.4) is 0 Å². The third kappa shape index (κ3) is 2.37. The minimum Gasteiger partial charge on any atom is -0.435 e. The van der Waals surface area contributed by atoms with Crippen LogP contribution in [0, 0.1) is 0 Å². The Morgan fingerprint density at radius 3 is 2.58 bits per heavy atom. The zero-order valence-electron chi connectivity index (χ0n) is 6.17. The average Bonchev–Trinajstić information content (AvgIpc) is 2.04. The lowest BCUT2D eigenvalue weighted by molar-refractivity contribution is -0.0503. The molecule has 1 rings (SSSR count). The lowest BCUT2D eigenvalue weighted by Gasteiger charge is -2.07. The van der Waals surface area contributed by atoms with Crippen LogP contribution in [-0.2, 0) is 5.75 Å². The first-order valence-electron chi connectivity index (χ1n) is 3.35. The number of benzene rings is 1. The average molecular weight is 189 g/mol. The number of hydrogen-bond donors (Lipinski definition) is 0. The standard InChI is InChI=1S/C8H7F2OS/c9-8(10)11-7-4-2-1-3-6(7)5-12/h1-4,8H,5H2. The molecule has 0 fully saturated rings. The molecule has 0 unspecified atom stereocenters. The number of para-hydroxylation sites is 1. The quantitative estimate of drug-likeness (QED) is 0.710. The van der Waals surface area contributed by atoms with E-state index in [0.717, 1.165) is 0 Å². The second-order valence-electron chi connectivity index (χ2n) is 2.13. The van der Waals surface area contributed by atoms with Gasteiger partial charge >= 0.3 is 6.61 Å². The molecule has 0 spiro atoms. The summed E-state index contributed by atoms with van der Waals surface area (Å²) in [6, 6.07) is 6.52. The first-order chi connectivity index (χ1) is 5.74. The molecular formula is C8H7F2OS. The molecule has 12 heavy (non-hydrogen) atoms. The summed E-state index contributed by atoms with van der Waals surface area (Å²) in [7, 11) is 0. The second kappa shape index (κ2) is 4.30. The van der Waals surface area contributed by atoms with Gasteiger partial charge in [0.05, 0.1) is 0 Å². The van der Waals surface area contributed by atoms with E-state index in [1.165, 1.54) is 6.07 Å². The van der Waals surface area contributed by atoms with Crippen LogP contribution in [-0.4, -0.2) is 6.61 Å². The topological polar surface area (TPSA) is 9.23 Å². The van der Waals surface area contributed by atoms with Crippen molar-refractivity contribution < 1.29 is 13.5 Å². The predicted molar refractivity (Wildman–Crippen MR) is 44.4 cm³/mol. The molecular weight excluding hydrogens is 182 g/mol. The maximum absolute atomic E-state index is 11.8. The van der Waals surface area contributed by atoms with Crippen molar-refractivity contribution in [3.63, 3.8) is 0 Å². The number of hydrogen-bond acceptors (Lipinski definition) is 1. The first-order valence-corrected chi connectivity index (χ1v) is 3.92. The number of alkyl halides is 2. The Bertz CT molecular complexity index is 253. The van der Waals surface area contributed by atoms with Crippen LogP contribution in [0.2, 0.25) is 0 Å². The third-order valence-corrected chi connectivity index (χ3v) is 1.66. The summed E-state index contributed by atoms with van der Waals surface area (Å²) in [5.41, 5.74) is 0.618. The Morgan fingerprint density at radius 1 is 1.33 bits per heavy atom. The zero-order chi connectivity index (χ0) is 8.97. The Balaban J connectivity index is 2.82. The summed E-state index contributed by atoms with van der Waals surface area (Å²) in [5, 5.41) is 0.